The van der Waals surface area contributed by atoms with Crippen LogP contribution in [0.3, 0.4) is 0 Å². The van der Waals surface area contributed by atoms with Crippen LogP contribution < -0.4 is 10.6 Å². The highest BCUT2D eigenvalue weighted by atomic mass is 16.4. The molecule has 112 valence electrons. The zero-order chi connectivity index (χ0) is 15.1. The monoisotopic (exact) mass is 282 g/mol. The molecule has 0 aliphatic carbocycles. The van der Waals surface area contributed by atoms with Crippen molar-refractivity contribution in [2.24, 2.45) is 5.92 Å². The first-order chi connectivity index (χ1) is 9.38. The van der Waals surface area contributed by atoms with Crippen LogP contribution in [-0.2, 0) is 11.3 Å². The molecule has 0 spiro atoms. The molecule has 0 saturated heterocycles. The zero-order valence-electron chi connectivity index (χ0n) is 12.1. The Balaban J connectivity index is 2.32. The Hall–Kier alpha value is -2.05. The minimum Gasteiger partial charge on any atom is -0.480 e. The highest BCUT2D eigenvalue weighted by Crippen LogP contribution is 2.04. The lowest BCUT2D eigenvalue weighted by molar-refractivity contribution is -0.139. The smallest absolute Gasteiger partial charge is 0.326 e. The number of aryl methyl sites for hydroxylation is 1. The molecule has 0 aliphatic rings. The first kappa shape index (κ1) is 16.0. The maximum atomic E-state index is 11.6. The quantitative estimate of drug-likeness (QED) is 0.695. The van der Waals surface area contributed by atoms with E-state index in [2.05, 4.69) is 15.7 Å². The number of carbonyl (C=O) groups excluding carboxylic acids is 1. The predicted molar refractivity (Wildman–Crippen MR) is 74.4 cm³/mol. The fraction of sp³-hybridized carbons (Fsp3) is 0.615. The van der Waals surface area contributed by atoms with E-state index in [4.69, 9.17) is 5.11 Å². The van der Waals surface area contributed by atoms with E-state index in [0.717, 1.165) is 5.56 Å². The Morgan fingerprint density at radius 2 is 2.15 bits per heavy atom. The third-order valence-corrected chi connectivity index (χ3v) is 2.70. The molecule has 0 saturated carbocycles. The third kappa shape index (κ3) is 5.73. The lowest BCUT2D eigenvalue weighted by Crippen LogP contribution is -2.47. The van der Waals surface area contributed by atoms with E-state index in [1.807, 2.05) is 27.0 Å². The average molecular weight is 282 g/mol. The summed E-state index contributed by atoms with van der Waals surface area (Å²) in [4.78, 5) is 22.6. The van der Waals surface area contributed by atoms with Gasteiger partial charge in [0.25, 0.3) is 0 Å². The fourth-order valence-electron chi connectivity index (χ4n) is 1.78. The Morgan fingerprint density at radius 1 is 1.45 bits per heavy atom. The van der Waals surface area contributed by atoms with Gasteiger partial charge in [0.15, 0.2) is 0 Å². The van der Waals surface area contributed by atoms with Crippen LogP contribution in [0.5, 0.6) is 0 Å². The van der Waals surface area contributed by atoms with E-state index in [9.17, 15) is 9.59 Å². The number of nitrogens with zero attached hydrogens (tertiary/aromatic N) is 2. The second kappa shape index (κ2) is 7.52. The average Bonchev–Trinajstić information content (AvgIpc) is 2.73. The maximum Gasteiger partial charge on any atom is 0.326 e. The molecule has 0 radical (unpaired) electrons. The number of hydrogen-bond donors (Lipinski definition) is 3. The predicted octanol–water partition coefficient (Wildman–Crippen LogP) is 0.990. The highest BCUT2D eigenvalue weighted by Gasteiger charge is 2.20. The van der Waals surface area contributed by atoms with Crippen molar-refractivity contribution < 1.29 is 14.7 Å². The minimum absolute atomic E-state index is 0.198. The molecule has 1 unspecified atom stereocenters. The lowest BCUT2D eigenvalue weighted by atomic mass is 10.0. The van der Waals surface area contributed by atoms with Gasteiger partial charge < -0.3 is 15.7 Å². The van der Waals surface area contributed by atoms with E-state index >= 15 is 0 Å². The molecule has 20 heavy (non-hydrogen) atoms. The van der Waals surface area contributed by atoms with E-state index in [-0.39, 0.29) is 5.92 Å². The minimum atomic E-state index is -1.02. The highest BCUT2D eigenvalue weighted by molar-refractivity contribution is 5.82. The molecular weight excluding hydrogens is 260 g/mol. The number of aliphatic carboxylic acids is 1. The summed E-state index contributed by atoms with van der Waals surface area (Å²) in [6.07, 6.45) is 4.02. The summed E-state index contributed by atoms with van der Waals surface area (Å²) < 4.78 is 1.72. The van der Waals surface area contributed by atoms with E-state index in [1.165, 1.54) is 0 Å². The lowest BCUT2D eigenvalue weighted by Gasteiger charge is -2.16. The van der Waals surface area contributed by atoms with Crippen LogP contribution >= 0.6 is 0 Å². The number of urea groups is 1. The molecule has 0 fully saturated rings. The van der Waals surface area contributed by atoms with Gasteiger partial charge in [-0.15, -0.1) is 0 Å². The zero-order valence-corrected chi connectivity index (χ0v) is 12.1. The van der Waals surface area contributed by atoms with Crippen LogP contribution in [0.4, 0.5) is 4.79 Å². The fourth-order valence-corrected chi connectivity index (χ4v) is 1.78. The molecule has 0 aliphatic heterocycles. The number of nitrogens with one attached hydrogen (secondary N) is 2. The van der Waals surface area contributed by atoms with Gasteiger partial charge in [-0.05, 0) is 24.8 Å². The van der Waals surface area contributed by atoms with Crippen molar-refractivity contribution in [3.63, 3.8) is 0 Å². The topological polar surface area (TPSA) is 96.3 Å². The van der Waals surface area contributed by atoms with Crippen LogP contribution in [-0.4, -0.2) is 39.5 Å². The molecule has 0 aromatic carbocycles. The molecule has 0 bridgehead atoms. The van der Waals surface area contributed by atoms with Gasteiger partial charge in [-0.25, -0.2) is 9.59 Å². The van der Waals surface area contributed by atoms with Crippen molar-refractivity contribution in [1.29, 1.82) is 0 Å². The molecule has 1 aromatic rings. The summed E-state index contributed by atoms with van der Waals surface area (Å²) in [6.45, 7) is 6.70. The summed E-state index contributed by atoms with van der Waals surface area (Å²) in [6, 6.07) is -1.33. The SMILES string of the molecule is Cc1cnn(CCNC(=O)NC(CC(C)C)C(=O)O)c1. The molecule has 1 rings (SSSR count). The van der Waals surface area contributed by atoms with Gasteiger partial charge in [0, 0.05) is 12.7 Å². The van der Waals surface area contributed by atoms with E-state index < -0.39 is 18.0 Å². The second-order valence-electron chi connectivity index (χ2n) is 5.20. The molecule has 1 heterocycles. The summed E-state index contributed by atoms with van der Waals surface area (Å²) in [5.41, 5.74) is 1.05. The summed E-state index contributed by atoms with van der Waals surface area (Å²) in [5.74, 6) is -0.819. The van der Waals surface area contributed by atoms with Gasteiger partial charge >= 0.3 is 12.0 Å². The van der Waals surface area contributed by atoms with Gasteiger partial charge in [0.2, 0.25) is 0 Å². The summed E-state index contributed by atoms with van der Waals surface area (Å²) in [7, 11) is 0. The molecule has 7 heteroatoms. The van der Waals surface area contributed by atoms with Crippen LogP contribution in [0.2, 0.25) is 0 Å². The molecular formula is C13H22N4O3. The van der Waals surface area contributed by atoms with Crippen molar-refractivity contribution in [3.05, 3.63) is 18.0 Å². The van der Waals surface area contributed by atoms with Crippen molar-refractivity contribution in [2.45, 2.75) is 39.8 Å². The van der Waals surface area contributed by atoms with E-state index in [0.29, 0.717) is 19.5 Å². The Bertz CT molecular complexity index is 456. The molecule has 3 N–H and O–H groups in total. The number of carbonyl (C=O) groups is 2. The van der Waals surface area contributed by atoms with Gasteiger partial charge in [0.1, 0.15) is 6.04 Å². The van der Waals surface area contributed by atoms with Crippen molar-refractivity contribution in [3.8, 4) is 0 Å². The normalized spacial score (nSPS) is 12.2. The van der Waals surface area contributed by atoms with Crippen LogP contribution in [0.25, 0.3) is 0 Å². The molecule has 1 atom stereocenters. The first-order valence-corrected chi connectivity index (χ1v) is 6.64. The Kier molecular flexibility index (Phi) is 6.02. The number of amides is 2. The Labute approximate surface area is 118 Å². The largest absolute Gasteiger partial charge is 0.480 e. The second-order valence-corrected chi connectivity index (χ2v) is 5.20. The first-order valence-electron chi connectivity index (χ1n) is 6.64. The number of carboxylic acid groups (broad SMARTS) is 1. The maximum absolute atomic E-state index is 11.6. The summed E-state index contributed by atoms with van der Waals surface area (Å²) >= 11 is 0. The van der Waals surface area contributed by atoms with Crippen molar-refractivity contribution in [1.82, 2.24) is 20.4 Å². The standard InChI is InChI=1S/C13H22N4O3/c1-9(2)6-11(12(18)19)16-13(20)14-4-5-17-8-10(3)7-15-17/h7-9,11H,4-6H2,1-3H3,(H,18,19)(H2,14,16,20). The van der Waals surface area contributed by atoms with Crippen molar-refractivity contribution >= 4 is 12.0 Å². The van der Waals surface area contributed by atoms with Crippen LogP contribution in [0.15, 0.2) is 12.4 Å². The van der Waals surface area contributed by atoms with Crippen molar-refractivity contribution in [2.75, 3.05) is 6.54 Å². The van der Waals surface area contributed by atoms with E-state index in [1.54, 1.807) is 10.9 Å². The molecule has 2 amide bonds. The number of carboxylic acids is 1. The van der Waals surface area contributed by atoms with Gasteiger partial charge in [-0.1, -0.05) is 13.8 Å². The van der Waals surface area contributed by atoms with Gasteiger partial charge in [-0.2, -0.15) is 5.10 Å². The molecule has 7 nitrogen and oxygen atoms in total. The number of hydrogen-bond acceptors (Lipinski definition) is 3. The van der Waals surface area contributed by atoms with Gasteiger partial charge in [0.05, 0.1) is 12.7 Å². The van der Waals surface area contributed by atoms with Gasteiger partial charge in [-0.3, -0.25) is 4.68 Å². The van der Waals surface area contributed by atoms with Crippen LogP contribution in [0, 0.1) is 12.8 Å². The molecule has 1 aromatic heterocycles. The third-order valence-electron chi connectivity index (χ3n) is 2.70. The Morgan fingerprint density at radius 3 is 2.65 bits per heavy atom. The number of aromatic nitrogens is 2. The summed E-state index contributed by atoms with van der Waals surface area (Å²) in [5, 5.41) is 18.2. The number of rotatable bonds is 7. The van der Waals surface area contributed by atoms with Crippen LogP contribution in [0.1, 0.15) is 25.8 Å².